The highest BCUT2D eigenvalue weighted by molar-refractivity contribution is 7.13. The van der Waals surface area contributed by atoms with Crippen molar-refractivity contribution < 1.29 is 9.32 Å². The molecule has 1 amide bonds. The summed E-state index contributed by atoms with van der Waals surface area (Å²) in [6.07, 6.45) is 4.19. The Morgan fingerprint density at radius 1 is 1.10 bits per heavy atom. The van der Waals surface area contributed by atoms with Gasteiger partial charge in [0.15, 0.2) is 0 Å². The molecule has 1 N–H and O–H groups in total. The molecule has 0 aliphatic heterocycles. The van der Waals surface area contributed by atoms with Gasteiger partial charge in [0, 0.05) is 25.6 Å². The van der Waals surface area contributed by atoms with E-state index in [1.807, 2.05) is 58.5 Å². The first-order valence-corrected chi connectivity index (χ1v) is 10.6. The van der Waals surface area contributed by atoms with Crippen molar-refractivity contribution in [3.05, 3.63) is 77.9 Å². The number of amides is 1. The highest BCUT2D eigenvalue weighted by Crippen LogP contribution is 2.21. The van der Waals surface area contributed by atoms with Gasteiger partial charge >= 0.3 is 0 Å². The van der Waals surface area contributed by atoms with Crippen LogP contribution in [0.15, 0.2) is 71.0 Å². The fourth-order valence-electron chi connectivity index (χ4n) is 3.18. The summed E-state index contributed by atoms with van der Waals surface area (Å²) in [5.74, 6) is 1.71. The van der Waals surface area contributed by atoms with Gasteiger partial charge in [-0.05, 0) is 35.2 Å². The second-order valence-corrected chi connectivity index (χ2v) is 7.84. The highest BCUT2D eigenvalue weighted by atomic mass is 32.1. The fraction of sp³-hybridized carbons (Fsp3) is 0.136. The molecule has 0 aliphatic rings. The van der Waals surface area contributed by atoms with E-state index in [2.05, 4.69) is 25.4 Å². The molecule has 5 aromatic rings. The third kappa shape index (κ3) is 4.22. The minimum Gasteiger partial charge on any atom is -0.352 e. The number of para-hydroxylation sites is 2. The van der Waals surface area contributed by atoms with Gasteiger partial charge in [0.1, 0.15) is 12.1 Å². The molecule has 9 heteroatoms. The van der Waals surface area contributed by atoms with Crippen LogP contribution in [0, 0.1) is 0 Å². The number of hydrogen-bond acceptors (Lipinski definition) is 7. The first-order chi connectivity index (χ1) is 15.3. The number of thiophene rings is 1. The topological polar surface area (TPSA) is 98.7 Å². The van der Waals surface area contributed by atoms with Crippen LogP contribution in [0.4, 0.5) is 0 Å². The molecule has 0 radical (unpaired) electrons. The van der Waals surface area contributed by atoms with Crippen LogP contribution in [-0.2, 0) is 17.8 Å². The summed E-state index contributed by atoms with van der Waals surface area (Å²) in [4.78, 5) is 26.4. The average Bonchev–Trinajstić information content (AvgIpc) is 3.57. The van der Waals surface area contributed by atoms with Gasteiger partial charge in [-0.1, -0.05) is 29.4 Å². The number of benzene rings is 1. The quantitative estimate of drug-likeness (QED) is 0.422. The molecule has 0 saturated carbocycles. The summed E-state index contributed by atoms with van der Waals surface area (Å²) in [5.41, 5.74) is 2.84. The number of nitrogens with one attached hydrogen (secondary N) is 1. The van der Waals surface area contributed by atoms with Crippen molar-refractivity contribution in [2.45, 2.75) is 19.4 Å². The number of rotatable bonds is 7. The number of imidazole rings is 1. The molecule has 0 atom stereocenters. The van der Waals surface area contributed by atoms with Crippen LogP contribution in [0.1, 0.15) is 17.9 Å². The minimum absolute atomic E-state index is 0.0828. The lowest BCUT2D eigenvalue weighted by molar-refractivity contribution is -0.121. The predicted octanol–water partition coefficient (Wildman–Crippen LogP) is 3.78. The van der Waals surface area contributed by atoms with Crippen LogP contribution in [0.25, 0.3) is 27.6 Å². The third-order valence-electron chi connectivity index (χ3n) is 4.77. The lowest BCUT2D eigenvalue weighted by Crippen LogP contribution is -2.23. The van der Waals surface area contributed by atoms with E-state index in [1.165, 1.54) is 0 Å². The molecule has 0 spiro atoms. The lowest BCUT2D eigenvalue weighted by Gasteiger charge is -2.07. The summed E-state index contributed by atoms with van der Waals surface area (Å²) in [6, 6.07) is 15.6. The zero-order valence-corrected chi connectivity index (χ0v) is 17.2. The van der Waals surface area contributed by atoms with Crippen molar-refractivity contribution in [3.63, 3.8) is 0 Å². The van der Waals surface area contributed by atoms with Crippen LogP contribution >= 0.6 is 11.3 Å². The molecular weight excluding hydrogens is 412 g/mol. The van der Waals surface area contributed by atoms with Crippen molar-refractivity contribution >= 4 is 28.3 Å². The molecule has 31 heavy (non-hydrogen) atoms. The van der Waals surface area contributed by atoms with Crippen molar-refractivity contribution in [1.82, 2.24) is 30.0 Å². The zero-order chi connectivity index (χ0) is 21.0. The molecule has 0 bridgehead atoms. The Morgan fingerprint density at radius 3 is 2.87 bits per heavy atom. The number of aromatic nitrogens is 5. The van der Waals surface area contributed by atoms with Gasteiger partial charge in [-0.25, -0.2) is 9.97 Å². The summed E-state index contributed by atoms with van der Waals surface area (Å²) in [6.45, 7) is 0.404. The molecular formula is C22H18N6O2S. The van der Waals surface area contributed by atoms with Gasteiger partial charge in [-0.15, -0.1) is 11.3 Å². The number of nitrogens with zero attached hydrogens (tertiary/aromatic N) is 5. The van der Waals surface area contributed by atoms with Gasteiger partial charge in [-0.2, -0.15) is 4.98 Å². The van der Waals surface area contributed by atoms with E-state index in [9.17, 15) is 4.79 Å². The molecule has 8 nitrogen and oxygen atoms in total. The second kappa shape index (κ2) is 8.49. The average molecular weight is 430 g/mol. The Hall–Kier alpha value is -3.85. The predicted molar refractivity (Wildman–Crippen MR) is 117 cm³/mol. The van der Waals surface area contributed by atoms with Gasteiger partial charge in [0.25, 0.3) is 0 Å². The van der Waals surface area contributed by atoms with Crippen LogP contribution in [0.5, 0.6) is 0 Å². The normalized spacial score (nSPS) is 11.1. The Morgan fingerprint density at radius 2 is 2.03 bits per heavy atom. The molecule has 5 rings (SSSR count). The number of aryl methyl sites for hydroxylation is 1. The molecule has 0 saturated heterocycles. The number of pyridine rings is 1. The zero-order valence-electron chi connectivity index (χ0n) is 16.4. The monoisotopic (exact) mass is 430 g/mol. The fourth-order valence-corrected chi connectivity index (χ4v) is 3.83. The Labute approximate surface area is 181 Å². The van der Waals surface area contributed by atoms with Crippen molar-refractivity contribution in [2.24, 2.45) is 0 Å². The van der Waals surface area contributed by atoms with E-state index < -0.39 is 0 Å². The Kier molecular flexibility index (Phi) is 5.24. The number of fused-ring (bicyclic) bond motifs is 1. The number of hydrogen-bond donors (Lipinski definition) is 1. The van der Waals surface area contributed by atoms with Gasteiger partial charge in [0.05, 0.1) is 15.9 Å². The standard InChI is InChI=1S/C22H18N6O2S/c29-20(9-10-21-26-22(27-30-21)18-6-3-11-31-18)24-13-15-7-8-19(23-12-15)28-14-25-16-4-1-2-5-17(16)28/h1-8,11-12,14H,9-10,13H2,(H,24,29). The van der Waals surface area contributed by atoms with E-state index in [0.717, 1.165) is 27.3 Å². The summed E-state index contributed by atoms with van der Waals surface area (Å²) >= 11 is 1.54. The molecule has 1 aromatic carbocycles. The van der Waals surface area contributed by atoms with Gasteiger partial charge < -0.3 is 9.84 Å². The molecule has 154 valence electrons. The van der Waals surface area contributed by atoms with E-state index in [-0.39, 0.29) is 12.3 Å². The maximum absolute atomic E-state index is 12.2. The van der Waals surface area contributed by atoms with Crippen LogP contribution in [-0.4, -0.2) is 30.6 Å². The van der Waals surface area contributed by atoms with E-state index in [4.69, 9.17) is 4.52 Å². The molecule has 0 aliphatic carbocycles. The molecule has 0 fully saturated rings. The maximum atomic E-state index is 12.2. The Balaban J connectivity index is 1.14. The highest BCUT2D eigenvalue weighted by Gasteiger charge is 2.11. The van der Waals surface area contributed by atoms with E-state index >= 15 is 0 Å². The maximum Gasteiger partial charge on any atom is 0.227 e. The molecule has 0 unspecified atom stereocenters. The van der Waals surface area contributed by atoms with Crippen molar-refractivity contribution in [2.75, 3.05) is 0 Å². The second-order valence-electron chi connectivity index (χ2n) is 6.89. The SMILES string of the molecule is O=C(CCc1nc(-c2cccs2)no1)NCc1ccc(-n2cnc3ccccc32)nc1. The summed E-state index contributed by atoms with van der Waals surface area (Å²) in [7, 11) is 0. The lowest BCUT2D eigenvalue weighted by atomic mass is 10.2. The van der Waals surface area contributed by atoms with Gasteiger partial charge in [0.2, 0.25) is 17.6 Å². The largest absolute Gasteiger partial charge is 0.352 e. The van der Waals surface area contributed by atoms with Crippen LogP contribution < -0.4 is 5.32 Å². The van der Waals surface area contributed by atoms with E-state index in [1.54, 1.807) is 23.9 Å². The van der Waals surface area contributed by atoms with Gasteiger partial charge in [-0.3, -0.25) is 9.36 Å². The number of carbonyl (C=O) groups excluding carboxylic acids is 1. The summed E-state index contributed by atoms with van der Waals surface area (Å²) < 4.78 is 7.17. The minimum atomic E-state index is -0.0828. The number of carbonyl (C=O) groups is 1. The smallest absolute Gasteiger partial charge is 0.227 e. The molecule has 4 heterocycles. The van der Waals surface area contributed by atoms with Crippen molar-refractivity contribution in [1.29, 1.82) is 0 Å². The van der Waals surface area contributed by atoms with Crippen LogP contribution in [0.2, 0.25) is 0 Å². The third-order valence-corrected chi connectivity index (χ3v) is 5.64. The summed E-state index contributed by atoms with van der Waals surface area (Å²) in [5, 5.41) is 8.81. The van der Waals surface area contributed by atoms with E-state index in [0.29, 0.717) is 24.7 Å². The first kappa shape index (κ1) is 19.1. The Bertz CT molecular complexity index is 1310. The van der Waals surface area contributed by atoms with Crippen molar-refractivity contribution in [3.8, 4) is 16.5 Å². The first-order valence-electron chi connectivity index (χ1n) is 9.77. The van der Waals surface area contributed by atoms with Crippen LogP contribution in [0.3, 0.4) is 0 Å². The molecule has 4 aromatic heterocycles.